The first-order valence-electron chi connectivity index (χ1n) is 9.64. The third kappa shape index (κ3) is 3.61. The van der Waals surface area contributed by atoms with E-state index in [-0.39, 0.29) is 22.3 Å². The highest BCUT2D eigenvalue weighted by atomic mass is 16.6. The molecule has 0 N–H and O–H groups in total. The number of hydrogen-bond acceptors (Lipinski definition) is 9. The summed E-state index contributed by atoms with van der Waals surface area (Å²) < 4.78 is 20.0. The van der Waals surface area contributed by atoms with Crippen molar-refractivity contribution in [1.29, 1.82) is 0 Å². The Hall–Kier alpha value is -4.79. The number of carbonyl (C=O) groups is 5. The van der Waals surface area contributed by atoms with E-state index in [2.05, 4.69) is 9.47 Å². The standard InChI is InChI=1S/C24H12O9/c25-19(8-5-14-2-1-9-30-14)31-20(12-3-6-15-17(10-12)23(28)32-21(15)26)13-4-7-16-18(11-13)24(29)33-22(16)27/h1-11,20H/b8-5+. The summed E-state index contributed by atoms with van der Waals surface area (Å²) in [6.07, 6.45) is 2.93. The maximum atomic E-state index is 12.6. The third-order valence-corrected chi connectivity index (χ3v) is 5.10. The van der Waals surface area contributed by atoms with Crippen molar-refractivity contribution in [2.75, 3.05) is 0 Å². The fourth-order valence-electron chi connectivity index (χ4n) is 3.55. The molecule has 33 heavy (non-hydrogen) atoms. The predicted octanol–water partition coefficient (Wildman–Crippen LogP) is 3.25. The molecule has 0 unspecified atom stereocenters. The summed E-state index contributed by atoms with van der Waals surface area (Å²) in [6, 6.07) is 11.9. The van der Waals surface area contributed by atoms with E-state index in [0.717, 1.165) is 6.08 Å². The van der Waals surface area contributed by atoms with E-state index >= 15 is 0 Å². The van der Waals surface area contributed by atoms with Crippen LogP contribution in [-0.4, -0.2) is 29.8 Å². The van der Waals surface area contributed by atoms with Gasteiger partial charge in [0.05, 0.1) is 28.5 Å². The Balaban J connectivity index is 1.54. The molecule has 5 rings (SSSR count). The van der Waals surface area contributed by atoms with Gasteiger partial charge in [0.2, 0.25) is 0 Å². The second kappa shape index (κ2) is 7.72. The Morgan fingerprint density at radius 3 is 1.82 bits per heavy atom. The zero-order chi connectivity index (χ0) is 23.1. The highest BCUT2D eigenvalue weighted by Gasteiger charge is 2.33. The van der Waals surface area contributed by atoms with E-state index in [4.69, 9.17) is 9.15 Å². The summed E-state index contributed by atoms with van der Waals surface area (Å²) in [5.41, 5.74) is 0.931. The normalized spacial score (nSPS) is 14.5. The molecule has 2 aliphatic heterocycles. The van der Waals surface area contributed by atoms with Crippen molar-refractivity contribution in [3.63, 3.8) is 0 Å². The lowest BCUT2D eigenvalue weighted by Gasteiger charge is -2.19. The molecule has 162 valence electrons. The maximum Gasteiger partial charge on any atom is 0.346 e. The summed E-state index contributed by atoms with van der Waals surface area (Å²) in [4.78, 5) is 60.1. The highest BCUT2D eigenvalue weighted by molar-refractivity contribution is 6.15. The molecule has 0 bridgehead atoms. The summed E-state index contributed by atoms with van der Waals surface area (Å²) in [5.74, 6) is -3.48. The number of fused-ring (bicyclic) bond motifs is 2. The fourth-order valence-corrected chi connectivity index (χ4v) is 3.55. The molecular formula is C24H12O9. The molecule has 0 amide bonds. The number of furan rings is 1. The molecule has 0 radical (unpaired) electrons. The average Bonchev–Trinajstić information content (AvgIpc) is 3.50. The van der Waals surface area contributed by atoms with Gasteiger partial charge < -0.3 is 18.6 Å². The number of esters is 5. The number of cyclic esters (lactones) is 4. The zero-order valence-electron chi connectivity index (χ0n) is 16.6. The van der Waals surface area contributed by atoms with Crippen LogP contribution >= 0.6 is 0 Å². The van der Waals surface area contributed by atoms with Crippen molar-refractivity contribution < 1.29 is 42.6 Å². The van der Waals surface area contributed by atoms with Gasteiger partial charge in [0, 0.05) is 6.08 Å². The van der Waals surface area contributed by atoms with E-state index in [1.54, 1.807) is 12.1 Å². The van der Waals surface area contributed by atoms with Crippen molar-refractivity contribution in [1.82, 2.24) is 0 Å². The minimum absolute atomic E-state index is 0.0282. The molecule has 3 heterocycles. The summed E-state index contributed by atoms with van der Waals surface area (Å²) in [6.45, 7) is 0. The molecule has 9 nitrogen and oxygen atoms in total. The monoisotopic (exact) mass is 444 g/mol. The van der Waals surface area contributed by atoms with Crippen LogP contribution in [0.4, 0.5) is 0 Å². The van der Waals surface area contributed by atoms with Gasteiger partial charge in [0.25, 0.3) is 0 Å². The third-order valence-electron chi connectivity index (χ3n) is 5.10. The van der Waals surface area contributed by atoms with Gasteiger partial charge in [-0.05, 0) is 53.6 Å². The van der Waals surface area contributed by atoms with E-state index in [1.807, 2.05) is 0 Å². The Labute approximate surface area is 185 Å². The Morgan fingerprint density at radius 2 is 1.30 bits per heavy atom. The van der Waals surface area contributed by atoms with E-state index in [0.29, 0.717) is 16.9 Å². The van der Waals surface area contributed by atoms with Gasteiger partial charge in [-0.1, -0.05) is 12.1 Å². The highest BCUT2D eigenvalue weighted by Crippen LogP contribution is 2.33. The average molecular weight is 444 g/mol. The van der Waals surface area contributed by atoms with Crippen molar-refractivity contribution >= 4 is 35.9 Å². The second-order valence-electron chi connectivity index (χ2n) is 7.13. The maximum absolute atomic E-state index is 12.6. The van der Waals surface area contributed by atoms with Gasteiger partial charge in [0.15, 0.2) is 6.10 Å². The van der Waals surface area contributed by atoms with Gasteiger partial charge >= 0.3 is 29.8 Å². The van der Waals surface area contributed by atoms with Crippen LogP contribution in [0.2, 0.25) is 0 Å². The lowest BCUT2D eigenvalue weighted by molar-refractivity contribution is -0.141. The number of rotatable bonds is 5. The summed E-state index contributed by atoms with van der Waals surface area (Å²) >= 11 is 0. The van der Waals surface area contributed by atoms with Crippen LogP contribution in [0.3, 0.4) is 0 Å². The van der Waals surface area contributed by atoms with Crippen molar-refractivity contribution in [2.24, 2.45) is 0 Å². The molecule has 2 aromatic carbocycles. The van der Waals surface area contributed by atoms with E-state index < -0.39 is 36.0 Å². The van der Waals surface area contributed by atoms with Crippen LogP contribution in [0.1, 0.15) is 64.4 Å². The number of ether oxygens (including phenoxy) is 3. The molecular weight excluding hydrogens is 432 g/mol. The first-order chi connectivity index (χ1) is 15.9. The molecule has 3 aromatic rings. The zero-order valence-corrected chi connectivity index (χ0v) is 16.6. The van der Waals surface area contributed by atoms with Crippen LogP contribution in [-0.2, 0) is 19.0 Å². The molecule has 0 saturated heterocycles. The van der Waals surface area contributed by atoms with Crippen molar-refractivity contribution in [3.8, 4) is 0 Å². The Morgan fingerprint density at radius 1 is 0.758 bits per heavy atom. The lowest BCUT2D eigenvalue weighted by Crippen LogP contribution is -2.12. The molecule has 0 atom stereocenters. The predicted molar refractivity (Wildman–Crippen MR) is 108 cm³/mol. The number of carbonyl (C=O) groups excluding carboxylic acids is 5. The van der Waals surface area contributed by atoms with Crippen LogP contribution in [0.25, 0.3) is 6.08 Å². The van der Waals surface area contributed by atoms with Crippen LogP contribution < -0.4 is 0 Å². The van der Waals surface area contributed by atoms with Gasteiger partial charge in [-0.2, -0.15) is 0 Å². The Kier molecular flexibility index (Phi) is 4.71. The molecule has 9 heteroatoms. The number of hydrogen-bond donors (Lipinski definition) is 0. The van der Waals surface area contributed by atoms with Crippen LogP contribution in [0, 0.1) is 0 Å². The van der Waals surface area contributed by atoms with Gasteiger partial charge in [-0.3, -0.25) is 0 Å². The summed E-state index contributed by atoms with van der Waals surface area (Å²) in [5, 5.41) is 0. The Bertz CT molecular complexity index is 1300. The SMILES string of the molecule is O=C(/C=C/c1ccco1)OC(c1ccc2c(c1)C(=O)OC2=O)c1ccc2c(c1)C(=O)OC2=O. The first kappa shape index (κ1) is 20.1. The largest absolute Gasteiger partial charge is 0.465 e. The van der Waals surface area contributed by atoms with Crippen LogP contribution in [0.5, 0.6) is 0 Å². The van der Waals surface area contributed by atoms with Crippen molar-refractivity contribution in [3.05, 3.63) is 100 Å². The summed E-state index contributed by atoms with van der Waals surface area (Å²) in [7, 11) is 0. The first-order valence-corrected chi connectivity index (χ1v) is 9.64. The quantitative estimate of drug-likeness (QED) is 0.252. The minimum atomic E-state index is -1.08. The van der Waals surface area contributed by atoms with E-state index in [9.17, 15) is 24.0 Å². The minimum Gasteiger partial charge on any atom is -0.465 e. The van der Waals surface area contributed by atoms with E-state index in [1.165, 1.54) is 48.7 Å². The molecule has 0 fully saturated rings. The molecule has 0 saturated carbocycles. The van der Waals surface area contributed by atoms with Gasteiger partial charge in [0.1, 0.15) is 5.76 Å². The topological polar surface area (TPSA) is 126 Å². The fraction of sp³-hybridized carbons (Fsp3) is 0.0417. The van der Waals surface area contributed by atoms with Crippen molar-refractivity contribution in [2.45, 2.75) is 6.10 Å². The van der Waals surface area contributed by atoms with Gasteiger partial charge in [-0.25, -0.2) is 24.0 Å². The number of benzene rings is 2. The molecule has 2 aliphatic rings. The van der Waals surface area contributed by atoms with Gasteiger partial charge in [-0.15, -0.1) is 0 Å². The molecule has 1 aromatic heterocycles. The smallest absolute Gasteiger partial charge is 0.346 e. The molecule has 0 aliphatic carbocycles. The lowest BCUT2D eigenvalue weighted by atomic mass is 9.95. The molecule has 0 spiro atoms. The second-order valence-corrected chi connectivity index (χ2v) is 7.13. The van der Waals surface area contributed by atoms with Crippen LogP contribution in [0.15, 0.2) is 65.3 Å².